The summed E-state index contributed by atoms with van der Waals surface area (Å²) < 4.78 is 2.23. The maximum Gasteiger partial charge on any atom is 0.251 e. The zero-order valence-electron chi connectivity index (χ0n) is 13.6. The molecule has 2 rings (SSSR count). The SMILES string of the molecule is CCCc1c(-c2ccc(Cl)cc2)c(C(N)=O)c(C)n1C(C)C. The third-order valence-corrected chi connectivity index (χ3v) is 4.19. The molecule has 1 aromatic heterocycles. The molecule has 0 bridgehead atoms. The molecular formula is C18H23ClN2O. The molecule has 0 radical (unpaired) electrons. The first kappa shape index (κ1) is 16.6. The van der Waals surface area contributed by atoms with Crippen LogP contribution in [0.25, 0.3) is 11.1 Å². The predicted molar refractivity (Wildman–Crippen MR) is 92.5 cm³/mol. The first-order valence-electron chi connectivity index (χ1n) is 7.67. The number of carbonyl (C=O) groups excluding carboxylic acids is 1. The average molecular weight is 319 g/mol. The van der Waals surface area contributed by atoms with E-state index in [0.717, 1.165) is 29.7 Å². The molecule has 0 spiro atoms. The van der Waals surface area contributed by atoms with E-state index >= 15 is 0 Å². The molecule has 0 aliphatic rings. The maximum absolute atomic E-state index is 12.1. The van der Waals surface area contributed by atoms with Crippen molar-refractivity contribution in [1.29, 1.82) is 0 Å². The van der Waals surface area contributed by atoms with Gasteiger partial charge in [-0.1, -0.05) is 37.1 Å². The Morgan fingerprint density at radius 2 is 1.86 bits per heavy atom. The molecule has 0 fully saturated rings. The van der Waals surface area contributed by atoms with Crippen molar-refractivity contribution in [1.82, 2.24) is 4.57 Å². The number of benzene rings is 1. The van der Waals surface area contributed by atoms with E-state index in [2.05, 4.69) is 25.3 Å². The quantitative estimate of drug-likeness (QED) is 0.849. The predicted octanol–water partition coefficient (Wildman–Crippen LogP) is 4.75. The number of hydrogen-bond donors (Lipinski definition) is 1. The summed E-state index contributed by atoms with van der Waals surface area (Å²) in [5, 5.41) is 0.682. The number of rotatable bonds is 5. The third kappa shape index (κ3) is 2.91. The van der Waals surface area contributed by atoms with Gasteiger partial charge in [0.05, 0.1) is 5.56 Å². The van der Waals surface area contributed by atoms with Crippen LogP contribution in [0.4, 0.5) is 0 Å². The van der Waals surface area contributed by atoms with E-state index in [1.807, 2.05) is 31.2 Å². The number of hydrogen-bond acceptors (Lipinski definition) is 1. The number of amides is 1. The van der Waals surface area contributed by atoms with Crippen molar-refractivity contribution in [2.75, 3.05) is 0 Å². The smallest absolute Gasteiger partial charge is 0.251 e. The van der Waals surface area contributed by atoms with Crippen molar-refractivity contribution in [3.8, 4) is 11.1 Å². The van der Waals surface area contributed by atoms with Crippen LogP contribution in [0.15, 0.2) is 24.3 Å². The second kappa shape index (κ2) is 6.57. The summed E-state index contributed by atoms with van der Waals surface area (Å²) in [6, 6.07) is 7.88. The van der Waals surface area contributed by atoms with Gasteiger partial charge in [0.25, 0.3) is 5.91 Å². The van der Waals surface area contributed by atoms with Gasteiger partial charge in [-0.3, -0.25) is 4.79 Å². The number of halogens is 1. The van der Waals surface area contributed by atoms with Crippen molar-refractivity contribution in [2.45, 2.75) is 46.6 Å². The van der Waals surface area contributed by atoms with Crippen LogP contribution in [0.3, 0.4) is 0 Å². The number of nitrogens with zero attached hydrogens (tertiary/aromatic N) is 1. The number of aromatic nitrogens is 1. The highest BCUT2D eigenvalue weighted by molar-refractivity contribution is 6.30. The lowest BCUT2D eigenvalue weighted by atomic mass is 9.98. The van der Waals surface area contributed by atoms with E-state index in [4.69, 9.17) is 17.3 Å². The molecule has 0 atom stereocenters. The average Bonchev–Trinajstić information content (AvgIpc) is 2.73. The Kier molecular flexibility index (Phi) is 4.97. The van der Waals surface area contributed by atoms with Gasteiger partial charge in [0.2, 0.25) is 0 Å². The van der Waals surface area contributed by atoms with Crippen LogP contribution in [0.1, 0.15) is 55.0 Å². The van der Waals surface area contributed by atoms with Gasteiger partial charge in [-0.15, -0.1) is 0 Å². The summed E-state index contributed by atoms with van der Waals surface area (Å²) in [5.41, 5.74) is 10.4. The zero-order valence-corrected chi connectivity index (χ0v) is 14.4. The molecule has 3 nitrogen and oxygen atoms in total. The van der Waals surface area contributed by atoms with Crippen molar-refractivity contribution in [2.24, 2.45) is 5.73 Å². The second-order valence-corrected chi connectivity index (χ2v) is 6.30. The van der Waals surface area contributed by atoms with Crippen LogP contribution < -0.4 is 5.73 Å². The van der Waals surface area contributed by atoms with Crippen LogP contribution in [0.2, 0.25) is 5.02 Å². The molecular weight excluding hydrogens is 296 g/mol. The molecule has 118 valence electrons. The third-order valence-electron chi connectivity index (χ3n) is 3.94. The fraction of sp³-hybridized carbons (Fsp3) is 0.389. The first-order chi connectivity index (χ1) is 10.4. The zero-order chi connectivity index (χ0) is 16.4. The highest BCUT2D eigenvalue weighted by Crippen LogP contribution is 2.36. The van der Waals surface area contributed by atoms with Crippen molar-refractivity contribution < 1.29 is 4.79 Å². The summed E-state index contributed by atoms with van der Waals surface area (Å²) in [5.74, 6) is -0.376. The van der Waals surface area contributed by atoms with Crippen LogP contribution in [-0.2, 0) is 6.42 Å². The van der Waals surface area contributed by atoms with Crippen molar-refractivity contribution >= 4 is 17.5 Å². The molecule has 0 aliphatic heterocycles. The standard InChI is InChI=1S/C18H23ClN2O/c1-5-6-15-17(13-7-9-14(19)10-8-13)16(18(20)22)12(4)21(15)11(2)3/h7-11H,5-6H2,1-4H3,(H2,20,22). The number of carbonyl (C=O) groups is 1. The molecule has 0 aliphatic carbocycles. The highest BCUT2D eigenvalue weighted by Gasteiger charge is 2.25. The van der Waals surface area contributed by atoms with Crippen LogP contribution >= 0.6 is 11.6 Å². The van der Waals surface area contributed by atoms with E-state index < -0.39 is 0 Å². The summed E-state index contributed by atoms with van der Waals surface area (Å²) in [4.78, 5) is 12.1. The Labute approximate surface area is 137 Å². The number of nitrogens with two attached hydrogens (primary N) is 1. The van der Waals surface area contributed by atoms with Crippen LogP contribution in [0.5, 0.6) is 0 Å². The largest absolute Gasteiger partial charge is 0.366 e. The van der Waals surface area contributed by atoms with Gasteiger partial charge >= 0.3 is 0 Å². The Hall–Kier alpha value is -1.74. The van der Waals surface area contributed by atoms with Crippen molar-refractivity contribution in [3.05, 3.63) is 46.2 Å². The first-order valence-corrected chi connectivity index (χ1v) is 8.05. The van der Waals surface area contributed by atoms with E-state index in [9.17, 15) is 4.79 Å². The molecule has 0 saturated heterocycles. The van der Waals surface area contributed by atoms with Crippen LogP contribution in [0, 0.1) is 6.92 Å². The van der Waals surface area contributed by atoms with Gasteiger partial charge in [-0.05, 0) is 44.9 Å². The minimum absolute atomic E-state index is 0.278. The van der Waals surface area contributed by atoms with Gasteiger partial charge in [0, 0.05) is 28.0 Å². The van der Waals surface area contributed by atoms with E-state index in [1.165, 1.54) is 5.69 Å². The summed E-state index contributed by atoms with van der Waals surface area (Å²) in [6.07, 6.45) is 1.92. The molecule has 4 heteroatoms. The normalized spacial score (nSPS) is 11.2. The number of primary amides is 1. The highest BCUT2D eigenvalue weighted by atomic mass is 35.5. The summed E-state index contributed by atoms with van der Waals surface area (Å²) >= 11 is 5.99. The molecule has 1 amide bonds. The maximum atomic E-state index is 12.1. The second-order valence-electron chi connectivity index (χ2n) is 5.87. The fourth-order valence-electron chi connectivity index (χ4n) is 3.18. The minimum Gasteiger partial charge on any atom is -0.366 e. The van der Waals surface area contributed by atoms with Gasteiger partial charge in [-0.25, -0.2) is 0 Å². The molecule has 2 aromatic rings. The Balaban J connectivity index is 2.81. The lowest BCUT2D eigenvalue weighted by Gasteiger charge is -2.16. The molecule has 0 saturated carbocycles. The van der Waals surface area contributed by atoms with Gasteiger partial charge in [-0.2, -0.15) is 0 Å². The fourth-order valence-corrected chi connectivity index (χ4v) is 3.30. The topological polar surface area (TPSA) is 48.0 Å². The molecule has 22 heavy (non-hydrogen) atoms. The lowest BCUT2D eigenvalue weighted by Crippen LogP contribution is -2.14. The van der Waals surface area contributed by atoms with Gasteiger partial charge in [0.15, 0.2) is 0 Å². The van der Waals surface area contributed by atoms with E-state index in [-0.39, 0.29) is 11.9 Å². The summed E-state index contributed by atoms with van der Waals surface area (Å²) in [6.45, 7) is 8.37. The van der Waals surface area contributed by atoms with Crippen molar-refractivity contribution in [3.63, 3.8) is 0 Å². The Morgan fingerprint density at radius 3 is 2.32 bits per heavy atom. The molecule has 2 N–H and O–H groups in total. The lowest BCUT2D eigenvalue weighted by molar-refractivity contribution is 0.1000. The summed E-state index contributed by atoms with van der Waals surface area (Å²) in [7, 11) is 0. The molecule has 1 aromatic carbocycles. The van der Waals surface area contributed by atoms with Crippen LogP contribution in [-0.4, -0.2) is 10.5 Å². The minimum atomic E-state index is -0.376. The Bertz CT molecular complexity index is 684. The van der Waals surface area contributed by atoms with E-state index in [0.29, 0.717) is 10.6 Å². The Morgan fingerprint density at radius 1 is 1.27 bits per heavy atom. The monoisotopic (exact) mass is 318 g/mol. The molecule has 0 unspecified atom stereocenters. The molecule has 1 heterocycles. The van der Waals surface area contributed by atoms with E-state index in [1.54, 1.807) is 0 Å². The van der Waals surface area contributed by atoms with Gasteiger partial charge in [0.1, 0.15) is 0 Å². The van der Waals surface area contributed by atoms with Gasteiger partial charge < -0.3 is 10.3 Å².